The number of benzene rings is 4. The number of hydrogen-bond donors (Lipinski definition) is 4. The van der Waals surface area contributed by atoms with Gasteiger partial charge in [0, 0.05) is 0 Å². The van der Waals surface area contributed by atoms with Gasteiger partial charge in [-0.3, -0.25) is 0 Å². The fraction of sp³-hybridized carbons (Fsp3) is 0.143. The Morgan fingerprint density at radius 1 is 0.562 bits per heavy atom. The molecule has 4 atom stereocenters. The van der Waals surface area contributed by atoms with Gasteiger partial charge in [-0.25, -0.2) is 0 Å². The van der Waals surface area contributed by atoms with E-state index in [1.54, 1.807) is 24.3 Å². The summed E-state index contributed by atoms with van der Waals surface area (Å²) in [6.07, 6.45) is -1.34. The molecule has 0 fully saturated rings. The Bertz CT molecular complexity index is 1030. The molecule has 0 aliphatic heterocycles. The summed E-state index contributed by atoms with van der Waals surface area (Å²) < 4.78 is 0. The largest absolute Gasteiger partial charge is 0.385 e. The molecule has 0 aromatic heterocycles. The van der Waals surface area contributed by atoms with Gasteiger partial charge in [0.05, 0.1) is 11.6 Å². The second-order valence-corrected chi connectivity index (χ2v) is 8.07. The van der Waals surface area contributed by atoms with Crippen LogP contribution < -0.4 is 11.5 Å². The highest BCUT2D eigenvalue weighted by atomic mass is 16.3. The van der Waals surface area contributed by atoms with Crippen molar-refractivity contribution in [3.8, 4) is 0 Å². The molecule has 0 saturated heterocycles. The SMILES string of the molecule is NC(c1ccccc1)C(N)(c1ccccc1)C(O)(c1ccccc1)C(O)c1ccccc1. The van der Waals surface area contributed by atoms with Gasteiger partial charge in [0.25, 0.3) is 0 Å². The minimum Gasteiger partial charge on any atom is -0.385 e. The third kappa shape index (κ3) is 3.64. The molecule has 6 N–H and O–H groups in total. The number of hydrogen-bond acceptors (Lipinski definition) is 4. The highest BCUT2D eigenvalue weighted by Gasteiger charge is 2.58. The van der Waals surface area contributed by atoms with Crippen molar-refractivity contribution in [1.82, 2.24) is 0 Å². The van der Waals surface area contributed by atoms with Gasteiger partial charge < -0.3 is 21.7 Å². The molecule has 4 rings (SSSR count). The molecule has 4 nitrogen and oxygen atoms in total. The molecule has 0 spiro atoms. The standard InChI is InChI=1S/C28H28N2O2/c29-25(21-13-5-1-6-14-21)27(30,23-17-9-3-10-18-23)28(32,24-19-11-4-12-20-24)26(31)22-15-7-2-8-16-22/h1-20,25-26,31-32H,29-30H2. The third-order valence-corrected chi connectivity index (χ3v) is 6.26. The minimum atomic E-state index is -1.95. The first kappa shape index (κ1) is 21.9. The molecule has 0 bridgehead atoms. The van der Waals surface area contributed by atoms with Crippen molar-refractivity contribution in [1.29, 1.82) is 0 Å². The zero-order chi connectivity index (χ0) is 22.6. The summed E-state index contributed by atoms with van der Waals surface area (Å²) >= 11 is 0. The van der Waals surface area contributed by atoms with Gasteiger partial charge in [-0.05, 0) is 22.3 Å². The summed E-state index contributed by atoms with van der Waals surface area (Å²) in [4.78, 5) is 0. The number of aliphatic hydroxyl groups is 2. The Morgan fingerprint density at radius 2 is 0.938 bits per heavy atom. The molecule has 0 heterocycles. The first-order valence-corrected chi connectivity index (χ1v) is 10.7. The van der Waals surface area contributed by atoms with Crippen molar-refractivity contribution < 1.29 is 10.2 Å². The molecular weight excluding hydrogens is 396 g/mol. The lowest BCUT2D eigenvalue weighted by molar-refractivity contribution is -0.146. The van der Waals surface area contributed by atoms with Crippen LogP contribution in [0.5, 0.6) is 0 Å². The van der Waals surface area contributed by atoms with Crippen molar-refractivity contribution >= 4 is 0 Å². The summed E-state index contributed by atoms with van der Waals surface area (Å²) in [5.41, 5.74) is 12.9. The van der Waals surface area contributed by atoms with Gasteiger partial charge in [0.1, 0.15) is 11.7 Å². The topological polar surface area (TPSA) is 92.5 Å². The Hall–Kier alpha value is -3.28. The summed E-state index contributed by atoms with van der Waals surface area (Å²) in [6.45, 7) is 0. The zero-order valence-electron chi connectivity index (χ0n) is 17.8. The second kappa shape index (κ2) is 9.07. The maximum atomic E-state index is 12.6. The Morgan fingerprint density at radius 3 is 1.41 bits per heavy atom. The molecule has 0 aliphatic carbocycles. The van der Waals surface area contributed by atoms with E-state index in [2.05, 4.69) is 0 Å². The average molecular weight is 425 g/mol. The van der Waals surface area contributed by atoms with E-state index in [9.17, 15) is 10.2 Å². The molecule has 4 unspecified atom stereocenters. The van der Waals surface area contributed by atoms with E-state index < -0.39 is 23.3 Å². The lowest BCUT2D eigenvalue weighted by Crippen LogP contribution is -2.63. The number of nitrogens with two attached hydrogens (primary N) is 2. The van der Waals surface area contributed by atoms with Crippen LogP contribution in [0.4, 0.5) is 0 Å². The maximum absolute atomic E-state index is 12.6. The molecule has 162 valence electrons. The first-order chi connectivity index (χ1) is 15.5. The predicted octanol–water partition coefficient (Wildman–Crippen LogP) is 4.16. The van der Waals surface area contributed by atoms with E-state index in [4.69, 9.17) is 11.5 Å². The van der Waals surface area contributed by atoms with E-state index in [1.807, 2.05) is 97.1 Å². The van der Waals surface area contributed by atoms with Gasteiger partial charge in [-0.2, -0.15) is 0 Å². The molecule has 0 radical (unpaired) electrons. The summed E-state index contributed by atoms with van der Waals surface area (Å²) in [5, 5.41) is 24.3. The summed E-state index contributed by atoms with van der Waals surface area (Å²) in [7, 11) is 0. The van der Waals surface area contributed by atoms with Crippen molar-refractivity contribution in [2.75, 3.05) is 0 Å². The lowest BCUT2D eigenvalue weighted by atomic mass is 9.62. The number of aliphatic hydroxyl groups excluding tert-OH is 1. The third-order valence-electron chi connectivity index (χ3n) is 6.26. The fourth-order valence-electron chi connectivity index (χ4n) is 4.47. The molecular formula is C28H28N2O2. The van der Waals surface area contributed by atoms with Crippen LogP contribution in [0.2, 0.25) is 0 Å². The van der Waals surface area contributed by atoms with E-state index >= 15 is 0 Å². The van der Waals surface area contributed by atoms with E-state index in [-0.39, 0.29) is 0 Å². The van der Waals surface area contributed by atoms with Crippen LogP contribution in [0.25, 0.3) is 0 Å². The van der Waals surface area contributed by atoms with Crippen molar-refractivity contribution in [3.05, 3.63) is 144 Å². The monoisotopic (exact) mass is 424 g/mol. The van der Waals surface area contributed by atoms with Crippen molar-refractivity contribution in [2.24, 2.45) is 11.5 Å². The zero-order valence-corrected chi connectivity index (χ0v) is 17.8. The quantitative estimate of drug-likeness (QED) is 0.358. The predicted molar refractivity (Wildman–Crippen MR) is 127 cm³/mol. The molecule has 0 saturated carbocycles. The summed E-state index contributed by atoms with van der Waals surface area (Å²) in [6, 6.07) is 36.0. The molecule has 32 heavy (non-hydrogen) atoms. The molecule has 0 amide bonds. The normalized spacial score (nSPS) is 17.0. The van der Waals surface area contributed by atoms with Gasteiger partial charge in [0.15, 0.2) is 0 Å². The van der Waals surface area contributed by atoms with Crippen LogP contribution in [-0.4, -0.2) is 10.2 Å². The van der Waals surface area contributed by atoms with Crippen LogP contribution in [0.1, 0.15) is 34.4 Å². The summed E-state index contributed by atoms with van der Waals surface area (Å²) in [5.74, 6) is 0. The molecule has 4 aromatic rings. The van der Waals surface area contributed by atoms with Gasteiger partial charge in [-0.15, -0.1) is 0 Å². The first-order valence-electron chi connectivity index (χ1n) is 10.7. The minimum absolute atomic E-state index is 0.481. The van der Waals surface area contributed by atoms with Crippen LogP contribution in [0, 0.1) is 0 Å². The van der Waals surface area contributed by atoms with E-state index in [0.717, 1.165) is 5.56 Å². The van der Waals surface area contributed by atoms with Gasteiger partial charge >= 0.3 is 0 Å². The Kier molecular flexibility index (Phi) is 6.21. The van der Waals surface area contributed by atoms with Crippen LogP contribution in [0.3, 0.4) is 0 Å². The smallest absolute Gasteiger partial charge is 0.143 e. The van der Waals surface area contributed by atoms with Crippen LogP contribution in [-0.2, 0) is 11.1 Å². The molecule has 4 aromatic carbocycles. The molecule has 0 aliphatic rings. The van der Waals surface area contributed by atoms with E-state index in [1.165, 1.54) is 0 Å². The van der Waals surface area contributed by atoms with E-state index in [0.29, 0.717) is 16.7 Å². The van der Waals surface area contributed by atoms with Crippen LogP contribution >= 0.6 is 0 Å². The van der Waals surface area contributed by atoms with Gasteiger partial charge in [0.2, 0.25) is 0 Å². The maximum Gasteiger partial charge on any atom is 0.143 e. The van der Waals surface area contributed by atoms with Crippen molar-refractivity contribution in [2.45, 2.75) is 23.3 Å². The molecule has 4 heteroatoms. The fourth-order valence-corrected chi connectivity index (χ4v) is 4.47. The second-order valence-electron chi connectivity index (χ2n) is 8.07. The highest BCUT2D eigenvalue weighted by Crippen LogP contribution is 2.52. The average Bonchev–Trinajstić information content (AvgIpc) is 2.88. The van der Waals surface area contributed by atoms with Crippen molar-refractivity contribution in [3.63, 3.8) is 0 Å². The van der Waals surface area contributed by atoms with Gasteiger partial charge in [-0.1, -0.05) is 121 Å². The highest BCUT2D eigenvalue weighted by molar-refractivity contribution is 5.43. The van der Waals surface area contributed by atoms with Crippen LogP contribution in [0.15, 0.2) is 121 Å². The lowest BCUT2D eigenvalue weighted by Gasteiger charge is -2.51. The Balaban J connectivity index is 2.02. The number of rotatable bonds is 7. The Labute approximate surface area is 188 Å².